The first-order valence-corrected chi connectivity index (χ1v) is 5.98. The summed E-state index contributed by atoms with van der Waals surface area (Å²) in [6, 6.07) is 6.46. The molecule has 4 heteroatoms. The summed E-state index contributed by atoms with van der Waals surface area (Å²) in [6.07, 6.45) is 1.12. The minimum absolute atomic E-state index is 0. The molecule has 3 nitrogen and oxygen atoms in total. The number of ether oxygens (including phenoxy) is 2. The maximum atomic E-state index is 5.87. The highest BCUT2D eigenvalue weighted by Crippen LogP contribution is 2.35. The van der Waals surface area contributed by atoms with Gasteiger partial charge in [-0.3, -0.25) is 0 Å². The third kappa shape index (κ3) is 2.57. The fourth-order valence-corrected chi connectivity index (χ4v) is 2.47. The highest BCUT2D eigenvalue weighted by atomic mass is 35.5. The minimum atomic E-state index is 0. The predicted molar refractivity (Wildman–Crippen MR) is 69.1 cm³/mol. The number of hydrogen-bond acceptors (Lipinski definition) is 3. The van der Waals surface area contributed by atoms with Crippen molar-refractivity contribution in [3.8, 4) is 5.75 Å². The molecule has 1 N–H and O–H groups in total. The van der Waals surface area contributed by atoms with Crippen molar-refractivity contribution in [2.75, 3.05) is 26.4 Å². The molecule has 1 fully saturated rings. The Labute approximate surface area is 108 Å². The van der Waals surface area contributed by atoms with Crippen LogP contribution in [-0.2, 0) is 11.3 Å². The van der Waals surface area contributed by atoms with Crippen molar-refractivity contribution in [3.63, 3.8) is 0 Å². The second kappa shape index (κ2) is 5.71. The molecule has 94 valence electrons. The average molecular weight is 256 g/mol. The van der Waals surface area contributed by atoms with E-state index in [0.717, 1.165) is 45.1 Å². The number of rotatable bonds is 1. The van der Waals surface area contributed by atoms with Gasteiger partial charge in [0.2, 0.25) is 0 Å². The summed E-state index contributed by atoms with van der Waals surface area (Å²) < 4.78 is 11.3. The first-order valence-electron chi connectivity index (χ1n) is 5.98. The van der Waals surface area contributed by atoms with E-state index in [1.54, 1.807) is 0 Å². The first-order chi connectivity index (χ1) is 7.95. The summed E-state index contributed by atoms with van der Waals surface area (Å²) in [5.41, 5.74) is 2.61. The molecule has 2 heterocycles. The standard InChI is InChI=1S/C13H17NO2.ClH/c1-2-10-8-14-5-7-16-13(10)12(3-1)11-4-6-15-9-11;/h1-3,11,14H,4-9H2;1H. The lowest BCUT2D eigenvalue weighted by Crippen LogP contribution is -2.16. The second-order valence-electron chi connectivity index (χ2n) is 4.42. The van der Waals surface area contributed by atoms with Crippen LogP contribution in [0.5, 0.6) is 5.75 Å². The van der Waals surface area contributed by atoms with Gasteiger partial charge in [-0.25, -0.2) is 0 Å². The lowest BCUT2D eigenvalue weighted by Gasteiger charge is -2.16. The van der Waals surface area contributed by atoms with Gasteiger partial charge in [0.15, 0.2) is 0 Å². The van der Waals surface area contributed by atoms with E-state index in [0.29, 0.717) is 5.92 Å². The molecule has 2 aliphatic heterocycles. The monoisotopic (exact) mass is 255 g/mol. The number of para-hydroxylation sites is 1. The molecule has 2 aliphatic rings. The van der Waals surface area contributed by atoms with Gasteiger partial charge in [-0.05, 0) is 12.0 Å². The molecule has 0 bridgehead atoms. The third-order valence-electron chi connectivity index (χ3n) is 3.34. The van der Waals surface area contributed by atoms with E-state index >= 15 is 0 Å². The summed E-state index contributed by atoms with van der Waals surface area (Å²) >= 11 is 0. The molecule has 0 aromatic heterocycles. The van der Waals surface area contributed by atoms with Crippen LogP contribution < -0.4 is 10.1 Å². The second-order valence-corrected chi connectivity index (χ2v) is 4.42. The van der Waals surface area contributed by atoms with E-state index in [1.807, 2.05) is 0 Å². The summed E-state index contributed by atoms with van der Waals surface area (Å²) in [7, 11) is 0. The van der Waals surface area contributed by atoms with Crippen molar-refractivity contribution in [1.29, 1.82) is 0 Å². The summed E-state index contributed by atoms with van der Waals surface area (Å²) in [4.78, 5) is 0. The SMILES string of the molecule is Cl.c1cc2c(c(C3CCOC3)c1)OCCNC2. The fraction of sp³-hybridized carbons (Fsp3) is 0.538. The van der Waals surface area contributed by atoms with Crippen LogP contribution in [0.1, 0.15) is 23.5 Å². The summed E-state index contributed by atoms with van der Waals surface area (Å²) in [5.74, 6) is 1.62. The largest absolute Gasteiger partial charge is 0.492 e. The molecule has 1 aromatic rings. The molecule has 0 radical (unpaired) electrons. The Morgan fingerprint density at radius 1 is 1.24 bits per heavy atom. The van der Waals surface area contributed by atoms with E-state index < -0.39 is 0 Å². The Morgan fingerprint density at radius 3 is 3.00 bits per heavy atom. The number of fused-ring (bicyclic) bond motifs is 1. The molecule has 17 heavy (non-hydrogen) atoms. The topological polar surface area (TPSA) is 30.5 Å². The van der Waals surface area contributed by atoms with Gasteiger partial charge < -0.3 is 14.8 Å². The van der Waals surface area contributed by atoms with Crippen molar-refractivity contribution in [2.45, 2.75) is 18.9 Å². The zero-order chi connectivity index (χ0) is 10.8. The van der Waals surface area contributed by atoms with Gasteiger partial charge in [0, 0.05) is 31.2 Å². The quantitative estimate of drug-likeness (QED) is 0.834. The molecule has 0 amide bonds. The Bertz CT molecular complexity index is 378. The molecule has 1 unspecified atom stereocenters. The van der Waals surface area contributed by atoms with Crippen molar-refractivity contribution in [3.05, 3.63) is 29.3 Å². The van der Waals surface area contributed by atoms with Crippen LogP contribution in [0, 0.1) is 0 Å². The van der Waals surface area contributed by atoms with Gasteiger partial charge in [-0.2, -0.15) is 0 Å². The van der Waals surface area contributed by atoms with Gasteiger partial charge in [0.25, 0.3) is 0 Å². The Morgan fingerprint density at radius 2 is 2.18 bits per heavy atom. The van der Waals surface area contributed by atoms with Crippen LogP contribution in [0.2, 0.25) is 0 Å². The maximum absolute atomic E-state index is 5.87. The van der Waals surface area contributed by atoms with Crippen LogP contribution in [0.4, 0.5) is 0 Å². The third-order valence-corrected chi connectivity index (χ3v) is 3.34. The van der Waals surface area contributed by atoms with Crippen LogP contribution >= 0.6 is 12.4 Å². The lowest BCUT2D eigenvalue weighted by atomic mass is 9.95. The summed E-state index contributed by atoms with van der Waals surface area (Å²) in [6.45, 7) is 4.32. The molecular formula is C13H18ClNO2. The van der Waals surface area contributed by atoms with E-state index in [1.165, 1.54) is 11.1 Å². The van der Waals surface area contributed by atoms with E-state index in [4.69, 9.17) is 9.47 Å². The van der Waals surface area contributed by atoms with Crippen molar-refractivity contribution in [1.82, 2.24) is 5.32 Å². The number of benzene rings is 1. The predicted octanol–water partition coefficient (Wildman–Crippen LogP) is 2.09. The summed E-state index contributed by atoms with van der Waals surface area (Å²) in [5, 5.41) is 3.36. The molecule has 1 atom stereocenters. The van der Waals surface area contributed by atoms with Crippen molar-refractivity contribution >= 4 is 12.4 Å². The zero-order valence-electron chi connectivity index (χ0n) is 9.78. The Kier molecular flexibility index (Phi) is 4.26. The van der Waals surface area contributed by atoms with E-state index in [-0.39, 0.29) is 12.4 Å². The van der Waals surface area contributed by atoms with E-state index in [9.17, 15) is 0 Å². The van der Waals surface area contributed by atoms with Gasteiger partial charge >= 0.3 is 0 Å². The highest BCUT2D eigenvalue weighted by molar-refractivity contribution is 5.85. The highest BCUT2D eigenvalue weighted by Gasteiger charge is 2.23. The minimum Gasteiger partial charge on any atom is -0.492 e. The van der Waals surface area contributed by atoms with Gasteiger partial charge in [0.05, 0.1) is 6.61 Å². The smallest absolute Gasteiger partial charge is 0.127 e. The number of nitrogens with one attached hydrogen (secondary N) is 1. The van der Waals surface area contributed by atoms with Crippen LogP contribution in [0.3, 0.4) is 0 Å². The van der Waals surface area contributed by atoms with Crippen LogP contribution in [-0.4, -0.2) is 26.4 Å². The van der Waals surface area contributed by atoms with Gasteiger partial charge in [-0.1, -0.05) is 18.2 Å². The Hall–Kier alpha value is -0.770. The van der Waals surface area contributed by atoms with Gasteiger partial charge in [-0.15, -0.1) is 12.4 Å². The number of hydrogen-bond donors (Lipinski definition) is 1. The molecular weight excluding hydrogens is 238 g/mol. The fourth-order valence-electron chi connectivity index (χ4n) is 2.47. The zero-order valence-corrected chi connectivity index (χ0v) is 10.6. The Balaban J connectivity index is 0.00000108. The molecule has 1 saturated heterocycles. The molecule has 0 spiro atoms. The van der Waals surface area contributed by atoms with Crippen molar-refractivity contribution in [2.24, 2.45) is 0 Å². The maximum Gasteiger partial charge on any atom is 0.127 e. The average Bonchev–Trinajstić information content (AvgIpc) is 2.73. The molecule has 3 rings (SSSR count). The van der Waals surface area contributed by atoms with Crippen LogP contribution in [0.15, 0.2) is 18.2 Å². The van der Waals surface area contributed by atoms with Crippen LogP contribution in [0.25, 0.3) is 0 Å². The first kappa shape index (κ1) is 12.7. The van der Waals surface area contributed by atoms with E-state index in [2.05, 4.69) is 23.5 Å². The molecule has 0 saturated carbocycles. The number of halogens is 1. The molecule has 1 aromatic carbocycles. The normalized spacial score (nSPS) is 23.2. The molecule has 0 aliphatic carbocycles. The lowest BCUT2D eigenvalue weighted by molar-refractivity contribution is 0.193. The van der Waals surface area contributed by atoms with Crippen molar-refractivity contribution < 1.29 is 9.47 Å². The van der Waals surface area contributed by atoms with Gasteiger partial charge in [0.1, 0.15) is 12.4 Å².